The first kappa shape index (κ1) is 30.1. The van der Waals surface area contributed by atoms with Crippen LogP contribution < -0.4 is 5.32 Å². The molecule has 0 bridgehead atoms. The van der Waals surface area contributed by atoms with Crippen LogP contribution >= 0.6 is 34.8 Å². The minimum atomic E-state index is -1.98. The lowest BCUT2D eigenvalue weighted by molar-refractivity contribution is -0.152. The number of imide groups is 1. The third kappa shape index (κ3) is 8.51. The molecule has 0 aliphatic heterocycles. The van der Waals surface area contributed by atoms with Gasteiger partial charge in [-0.25, -0.2) is 19.3 Å². The second-order valence-corrected chi connectivity index (χ2v) is 10.9. The van der Waals surface area contributed by atoms with Crippen molar-refractivity contribution in [3.05, 3.63) is 71.9 Å². The highest BCUT2D eigenvalue weighted by Gasteiger charge is 2.40. The van der Waals surface area contributed by atoms with Gasteiger partial charge in [0.2, 0.25) is 3.79 Å². The molecule has 0 radical (unpaired) electrons. The van der Waals surface area contributed by atoms with Crippen molar-refractivity contribution in [2.75, 3.05) is 13.7 Å². The van der Waals surface area contributed by atoms with Crippen molar-refractivity contribution in [2.24, 2.45) is 0 Å². The van der Waals surface area contributed by atoms with Crippen molar-refractivity contribution < 1.29 is 33.4 Å². The first-order valence-electron chi connectivity index (χ1n) is 11.7. The van der Waals surface area contributed by atoms with E-state index in [-0.39, 0.29) is 13.0 Å². The Morgan fingerprint density at radius 2 is 1.67 bits per heavy atom. The molecular weight excluding hydrogens is 573 g/mol. The lowest BCUT2D eigenvalue weighted by Crippen LogP contribution is -2.56. The largest absolute Gasteiger partial charge is 0.467 e. The Kier molecular flexibility index (Phi) is 10.4. The van der Waals surface area contributed by atoms with Gasteiger partial charge < -0.3 is 24.5 Å². The van der Waals surface area contributed by atoms with Crippen molar-refractivity contribution in [1.29, 1.82) is 0 Å². The maximum atomic E-state index is 13.5. The van der Waals surface area contributed by atoms with Crippen molar-refractivity contribution in [3.63, 3.8) is 0 Å². The Morgan fingerprint density at radius 1 is 1.00 bits per heavy atom. The second-order valence-electron chi connectivity index (χ2n) is 8.41. The van der Waals surface area contributed by atoms with Crippen molar-refractivity contribution in [3.8, 4) is 0 Å². The number of ether oxygens (including phenoxy) is 3. The fourth-order valence-corrected chi connectivity index (χ4v) is 3.88. The van der Waals surface area contributed by atoms with Gasteiger partial charge in [0.25, 0.3) is 5.91 Å². The molecule has 2 aromatic carbocycles. The molecule has 0 spiro atoms. The van der Waals surface area contributed by atoms with Crippen molar-refractivity contribution in [2.45, 2.75) is 35.8 Å². The zero-order valence-electron chi connectivity index (χ0n) is 21.0. The van der Waals surface area contributed by atoms with E-state index in [1.54, 1.807) is 36.5 Å². The molecule has 0 unspecified atom stereocenters. The molecule has 1 heterocycles. The summed E-state index contributed by atoms with van der Waals surface area (Å²) in [5.41, 5.74) is 2.13. The summed E-state index contributed by atoms with van der Waals surface area (Å²) in [6.45, 7) is 0.567. The maximum Gasteiger partial charge on any atom is 0.417 e. The number of benzene rings is 2. The number of alkyl carbamates (subject to hydrolysis) is 1. The molecule has 13 heteroatoms. The van der Waals surface area contributed by atoms with E-state index in [0.717, 1.165) is 23.6 Å². The number of aromatic amines is 1. The second kappa shape index (κ2) is 13.5. The van der Waals surface area contributed by atoms with E-state index in [2.05, 4.69) is 10.3 Å². The number of esters is 1. The number of rotatable bonds is 9. The number of amides is 3. The number of methoxy groups -OCH3 is 1. The average molecular weight is 599 g/mol. The van der Waals surface area contributed by atoms with Gasteiger partial charge in [0.1, 0.15) is 25.3 Å². The number of fused-ring (bicyclic) bond motifs is 1. The van der Waals surface area contributed by atoms with Gasteiger partial charge in [0.15, 0.2) is 0 Å². The predicted molar refractivity (Wildman–Crippen MR) is 146 cm³/mol. The van der Waals surface area contributed by atoms with E-state index in [4.69, 9.17) is 49.0 Å². The average Bonchev–Trinajstić information content (AvgIpc) is 3.32. The standard InChI is InChI=1S/C26H26Cl3N3O7/c1-16(31-24(35)38-14-17-8-4-3-5-9-17)22(33)32(25(36)39-15-26(27,28)29)21(23(34)37-2)12-18-13-30-20-11-7-6-10-19(18)20/h3-11,13,16,21,30H,12,14-15H2,1-2H3,(H,31,35)/t16-,21+/m0/s1. The van der Waals surface area contributed by atoms with Crippen LogP contribution in [0, 0.1) is 0 Å². The number of para-hydroxylation sites is 1. The van der Waals surface area contributed by atoms with Crippen molar-refractivity contribution in [1.82, 2.24) is 15.2 Å². The first-order chi connectivity index (χ1) is 18.5. The summed E-state index contributed by atoms with van der Waals surface area (Å²) in [7, 11) is 1.11. The summed E-state index contributed by atoms with van der Waals surface area (Å²) in [5.74, 6) is -1.88. The number of nitrogens with one attached hydrogen (secondary N) is 2. The number of halogens is 3. The molecule has 208 valence electrons. The highest BCUT2D eigenvalue weighted by atomic mass is 35.6. The third-order valence-electron chi connectivity index (χ3n) is 5.58. The molecule has 0 fully saturated rings. The smallest absolute Gasteiger partial charge is 0.417 e. The molecule has 0 saturated heterocycles. The zero-order valence-corrected chi connectivity index (χ0v) is 23.3. The molecule has 0 aliphatic rings. The molecule has 2 N–H and O–H groups in total. The summed E-state index contributed by atoms with van der Waals surface area (Å²) in [6, 6.07) is 13.4. The number of nitrogens with zero attached hydrogens (tertiary/aromatic N) is 1. The zero-order chi connectivity index (χ0) is 28.6. The maximum absolute atomic E-state index is 13.5. The van der Waals surface area contributed by atoms with E-state index in [1.165, 1.54) is 6.92 Å². The Balaban J connectivity index is 1.85. The van der Waals surface area contributed by atoms with Crippen LogP contribution in [0.25, 0.3) is 10.9 Å². The summed E-state index contributed by atoms with van der Waals surface area (Å²) in [5, 5.41) is 3.13. The van der Waals surface area contributed by atoms with Gasteiger partial charge in [0, 0.05) is 23.5 Å². The molecule has 0 saturated carbocycles. The predicted octanol–water partition coefficient (Wildman–Crippen LogP) is 4.90. The van der Waals surface area contributed by atoms with Gasteiger partial charge in [0.05, 0.1) is 7.11 Å². The Bertz CT molecular complexity index is 1310. The number of hydrogen-bond acceptors (Lipinski definition) is 7. The first-order valence-corrected chi connectivity index (χ1v) is 12.8. The van der Waals surface area contributed by atoms with Crippen LogP contribution in [0.15, 0.2) is 60.8 Å². The molecular formula is C26H26Cl3N3O7. The number of aromatic nitrogens is 1. The molecule has 0 aliphatic carbocycles. The minimum Gasteiger partial charge on any atom is -0.467 e. The van der Waals surface area contributed by atoms with Gasteiger partial charge >= 0.3 is 18.2 Å². The molecule has 1 aromatic heterocycles. The van der Waals surface area contributed by atoms with Crippen LogP contribution in [0.3, 0.4) is 0 Å². The third-order valence-corrected chi connectivity index (χ3v) is 5.91. The molecule has 3 aromatic rings. The summed E-state index contributed by atoms with van der Waals surface area (Å²) < 4.78 is 13.1. The van der Waals surface area contributed by atoms with Gasteiger partial charge in [-0.15, -0.1) is 0 Å². The van der Waals surface area contributed by atoms with E-state index < -0.39 is 46.5 Å². The van der Waals surface area contributed by atoms with E-state index in [0.29, 0.717) is 10.5 Å². The lowest BCUT2D eigenvalue weighted by Gasteiger charge is -2.30. The fraction of sp³-hybridized carbons (Fsp3) is 0.308. The van der Waals surface area contributed by atoms with Gasteiger partial charge in [-0.3, -0.25) is 4.79 Å². The van der Waals surface area contributed by atoms with Crippen LogP contribution in [0.1, 0.15) is 18.1 Å². The summed E-state index contributed by atoms with van der Waals surface area (Å²) >= 11 is 17.1. The summed E-state index contributed by atoms with van der Waals surface area (Å²) in [6.07, 6.45) is -0.664. The van der Waals surface area contributed by atoms with E-state index in [9.17, 15) is 19.2 Å². The SMILES string of the molecule is COC(=O)[C@@H](Cc1c[nH]c2ccccc12)N(C(=O)OCC(Cl)(Cl)Cl)C(=O)[C@H](C)NC(=O)OCc1ccccc1. The molecule has 2 atom stereocenters. The van der Waals surface area contributed by atoms with Crippen LogP contribution in [-0.2, 0) is 36.8 Å². The Hall–Kier alpha value is -3.47. The summed E-state index contributed by atoms with van der Waals surface area (Å²) in [4.78, 5) is 55.5. The number of alkyl halides is 3. The van der Waals surface area contributed by atoms with Crippen molar-refractivity contribution >= 4 is 69.8 Å². The van der Waals surface area contributed by atoms with Crippen LogP contribution in [0.2, 0.25) is 0 Å². The van der Waals surface area contributed by atoms with E-state index >= 15 is 0 Å². The van der Waals surface area contributed by atoms with Gasteiger partial charge in [-0.05, 0) is 24.1 Å². The lowest BCUT2D eigenvalue weighted by atomic mass is 10.0. The van der Waals surface area contributed by atoms with Crippen LogP contribution in [-0.4, -0.2) is 63.5 Å². The number of H-pyrrole nitrogens is 1. The molecule has 10 nitrogen and oxygen atoms in total. The Labute approximate surface area is 239 Å². The number of hydrogen-bond donors (Lipinski definition) is 2. The monoisotopic (exact) mass is 597 g/mol. The number of carbonyl (C=O) groups excluding carboxylic acids is 4. The van der Waals surface area contributed by atoms with Gasteiger partial charge in [-0.2, -0.15) is 0 Å². The molecule has 3 amide bonds. The topological polar surface area (TPSA) is 127 Å². The van der Waals surface area contributed by atoms with Crippen LogP contribution in [0.5, 0.6) is 0 Å². The van der Waals surface area contributed by atoms with Crippen LogP contribution in [0.4, 0.5) is 9.59 Å². The normalized spacial score (nSPS) is 12.7. The molecule has 3 rings (SSSR count). The highest BCUT2D eigenvalue weighted by molar-refractivity contribution is 6.67. The number of carbonyl (C=O) groups is 4. The fourth-order valence-electron chi connectivity index (χ4n) is 3.72. The quantitative estimate of drug-likeness (QED) is 0.204. The van der Waals surface area contributed by atoms with Gasteiger partial charge in [-0.1, -0.05) is 83.3 Å². The Morgan fingerprint density at radius 3 is 2.33 bits per heavy atom. The van der Waals surface area contributed by atoms with E-state index in [1.807, 2.05) is 24.3 Å². The molecule has 39 heavy (non-hydrogen) atoms. The minimum absolute atomic E-state index is 0.0477. The highest BCUT2D eigenvalue weighted by Crippen LogP contribution is 2.27.